The maximum Gasteiger partial charge on any atom is 0.412 e. The van der Waals surface area contributed by atoms with E-state index < -0.39 is 17.7 Å². The molecule has 1 heterocycles. The van der Waals surface area contributed by atoms with Crippen molar-refractivity contribution in [1.29, 1.82) is 0 Å². The summed E-state index contributed by atoms with van der Waals surface area (Å²) in [6.07, 6.45) is -0.606. The van der Waals surface area contributed by atoms with Gasteiger partial charge in [-0.2, -0.15) is 0 Å². The highest BCUT2D eigenvalue weighted by Gasteiger charge is 2.22. The number of esters is 1. The Bertz CT molecular complexity index is 710. The van der Waals surface area contributed by atoms with Crippen LogP contribution in [0.5, 0.6) is 0 Å². The summed E-state index contributed by atoms with van der Waals surface area (Å²) >= 11 is 3.57. The first-order chi connectivity index (χ1) is 13.1. The van der Waals surface area contributed by atoms with Gasteiger partial charge in [0.25, 0.3) is 0 Å². The number of ether oxygens (including phenoxy) is 2. The Labute approximate surface area is 175 Å². The van der Waals surface area contributed by atoms with Gasteiger partial charge in [-0.05, 0) is 52.4 Å². The normalized spacial score (nSPS) is 15.9. The van der Waals surface area contributed by atoms with Crippen molar-refractivity contribution in [2.75, 3.05) is 45.2 Å². The largest absolute Gasteiger partial charge is 0.462 e. The molecule has 0 aromatic heterocycles. The number of carbonyl (C=O) groups excluding carboxylic acids is 2. The number of carbonyl (C=O) groups is 2. The second-order valence-electron chi connectivity index (χ2n) is 7.92. The second-order valence-corrected chi connectivity index (χ2v) is 8.77. The van der Waals surface area contributed by atoms with Gasteiger partial charge in [-0.1, -0.05) is 15.9 Å². The Morgan fingerprint density at radius 3 is 2.39 bits per heavy atom. The average Bonchev–Trinajstić information content (AvgIpc) is 2.58. The highest BCUT2D eigenvalue weighted by atomic mass is 79.9. The maximum atomic E-state index is 12.4. The van der Waals surface area contributed by atoms with Crippen LogP contribution in [0.15, 0.2) is 16.6 Å². The number of hydrogen-bond acceptors (Lipinski definition) is 6. The van der Waals surface area contributed by atoms with E-state index in [1.54, 1.807) is 33.8 Å². The summed E-state index contributed by atoms with van der Waals surface area (Å²) in [6.45, 7) is 12.1. The number of amides is 1. The van der Waals surface area contributed by atoms with Gasteiger partial charge in [0.05, 0.1) is 17.9 Å². The minimum atomic E-state index is -0.633. The lowest BCUT2D eigenvalue weighted by molar-refractivity contribution is 0.0527. The van der Waals surface area contributed by atoms with Crippen molar-refractivity contribution < 1.29 is 19.1 Å². The van der Waals surface area contributed by atoms with E-state index in [1.807, 2.05) is 6.07 Å². The molecule has 0 atom stereocenters. The Hall–Kier alpha value is -1.64. The van der Waals surface area contributed by atoms with E-state index in [9.17, 15) is 9.59 Å². The minimum absolute atomic E-state index is 0.255. The zero-order valence-corrected chi connectivity index (χ0v) is 18.9. The average molecular weight is 456 g/mol. The third kappa shape index (κ3) is 6.76. The number of benzene rings is 1. The summed E-state index contributed by atoms with van der Waals surface area (Å²) in [7, 11) is 2.12. The molecule has 0 unspecified atom stereocenters. The molecule has 0 radical (unpaired) electrons. The van der Waals surface area contributed by atoms with Crippen molar-refractivity contribution in [2.45, 2.75) is 39.8 Å². The fourth-order valence-electron chi connectivity index (χ4n) is 2.88. The van der Waals surface area contributed by atoms with Crippen LogP contribution in [0, 0.1) is 0 Å². The van der Waals surface area contributed by atoms with Crippen molar-refractivity contribution in [3.63, 3.8) is 0 Å². The predicted octanol–water partition coefficient (Wildman–Crippen LogP) is 3.72. The standard InChI is InChI=1S/C20H30BrN3O4/c1-6-27-18(25)15-12-16(21)14(13-24-9-7-23(5)8-10-24)11-17(15)22-19(26)28-20(2,3)4/h11-12H,6-10,13H2,1-5H3,(H,22,26). The summed E-state index contributed by atoms with van der Waals surface area (Å²) in [5, 5.41) is 2.71. The van der Waals surface area contributed by atoms with Gasteiger partial charge in [-0.3, -0.25) is 10.2 Å². The van der Waals surface area contributed by atoms with Crippen LogP contribution >= 0.6 is 15.9 Å². The lowest BCUT2D eigenvalue weighted by Gasteiger charge is -2.32. The quantitative estimate of drug-likeness (QED) is 0.682. The van der Waals surface area contributed by atoms with Crippen LogP contribution in [0.3, 0.4) is 0 Å². The first-order valence-corrected chi connectivity index (χ1v) is 10.3. The van der Waals surface area contributed by atoms with Gasteiger partial charge < -0.3 is 14.4 Å². The first kappa shape index (κ1) is 22.6. The molecule has 28 heavy (non-hydrogen) atoms. The molecule has 0 spiro atoms. The van der Waals surface area contributed by atoms with Crippen LogP contribution in [0.25, 0.3) is 0 Å². The molecule has 0 aliphatic carbocycles. The number of nitrogens with one attached hydrogen (secondary N) is 1. The van der Waals surface area contributed by atoms with Gasteiger partial charge in [0.2, 0.25) is 0 Å². The number of anilines is 1. The summed E-state index contributed by atoms with van der Waals surface area (Å²) in [5.41, 5.74) is 1.04. The zero-order valence-electron chi connectivity index (χ0n) is 17.3. The lowest BCUT2D eigenvalue weighted by Crippen LogP contribution is -2.43. The molecule has 0 saturated carbocycles. The Morgan fingerprint density at radius 2 is 1.82 bits per heavy atom. The molecule has 1 saturated heterocycles. The Kier molecular flexibility index (Phi) is 7.86. The topological polar surface area (TPSA) is 71.1 Å². The molecule has 1 fully saturated rings. The van der Waals surface area contributed by atoms with E-state index in [0.717, 1.165) is 42.8 Å². The molecule has 1 aliphatic rings. The molecular weight excluding hydrogens is 426 g/mol. The van der Waals surface area contributed by atoms with Crippen molar-refractivity contribution in [1.82, 2.24) is 9.80 Å². The molecule has 1 aromatic rings. The van der Waals surface area contributed by atoms with Crippen molar-refractivity contribution in [2.24, 2.45) is 0 Å². The SMILES string of the molecule is CCOC(=O)c1cc(Br)c(CN2CCN(C)CC2)cc1NC(=O)OC(C)(C)C. The number of nitrogens with zero attached hydrogens (tertiary/aromatic N) is 2. The molecule has 2 rings (SSSR count). The van der Waals surface area contributed by atoms with Gasteiger partial charge in [-0.25, -0.2) is 9.59 Å². The fourth-order valence-corrected chi connectivity index (χ4v) is 3.35. The molecule has 1 aromatic carbocycles. The monoisotopic (exact) mass is 455 g/mol. The van der Waals surface area contributed by atoms with Crippen LogP contribution in [0.4, 0.5) is 10.5 Å². The van der Waals surface area contributed by atoms with Gasteiger partial charge >= 0.3 is 12.1 Å². The Morgan fingerprint density at radius 1 is 1.18 bits per heavy atom. The first-order valence-electron chi connectivity index (χ1n) is 9.49. The molecule has 1 amide bonds. The van der Waals surface area contributed by atoms with E-state index >= 15 is 0 Å². The third-order valence-corrected chi connectivity index (χ3v) is 5.05. The molecule has 8 heteroatoms. The Balaban J connectivity index is 2.27. The van der Waals surface area contributed by atoms with Gasteiger partial charge in [0.1, 0.15) is 5.60 Å². The highest BCUT2D eigenvalue weighted by Crippen LogP contribution is 2.28. The smallest absolute Gasteiger partial charge is 0.412 e. The molecule has 1 aliphatic heterocycles. The van der Waals surface area contributed by atoms with Crippen LogP contribution in [0.2, 0.25) is 0 Å². The molecule has 0 bridgehead atoms. The van der Waals surface area contributed by atoms with E-state index in [4.69, 9.17) is 9.47 Å². The van der Waals surface area contributed by atoms with Gasteiger partial charge in [0.15, 0.2) is 0 Å². The van der Waals surface area contributed by atoms with Crippen molar-refractivity contribution >= 4 is 33.7 Å². The maximum absolute atomic E-state index is 12.4. The van der Waals surface area contributed by atoms with Crippen LogP contribution in [-0.2, 0) is 16.0 Å². The summed E-state index contributed by atoms with van der Waals surface area (Å²) < 4.78 is 11.3. The summed E-state index contributed by atoms with van der Waals surface area (Å²) in [6, 6.07) is 3.52. The minimum Gasteiger partial charge on any atom is -0.462 e. The van der Waals surface area contributed by atoms with Crippen molar-refractivity contribution in [3.05, 3.63) is 27.7 Å². The lowest BCUT2D eigenvalue weighted by atomic mass is 10.1. The summed E-state index contributed by atoms with van der Waals surface area (Å²) in [5.74, 6) is -0.486. The van der Waals surface area contributed by atoms with E-state index in [2.05, 4.69) is 38.1 Å². The van der Waals surface area contributed by atoms with Crippen LogP contribution in [-0.4, -0.2) is 67.3 Å². The third-order valence-electron chi connectivity index (χ3n) is 4.31. The molecule has 156 valence electrons. The van der Waals surface area contributed by atoms with Gasteiger partial charge in [0, 0.05) is 37.2 Å². The molecular formula is C20H30BrN3O4. The highest BCUT2D eigenvalue weighted by molar-refractivity contribution is 9.10. The zero-order chi connectivity index (χ0) is 20.9. The van der Waals surface area contributed by atoms with E-state index in [0.29, 0.717) is 11.3 Å². The summed E-state index contributed by atoms with van der Waals surface area (Å²) in [4.78, 5) is 29.3. The second kappa shape index (κ2) is 9.71. The number of hydrogen-bond donors (Lipinski definition) is 1. The van der Waals surface area contributed by atoms with E-state index in [1.165, 1.54) is 0 Å². The fraction of sp³-hybridized carbons (Fsp3) is 0.600. The number of piperazine rings is 1. The van der Waals surface area contributed by atoms with Gasteiger partial charge in [-0.15, -0.1) is 0 Å². The molecule has 1 N–H and O–H groups in total. The van der Waals surface area contributed by atoms with Crippen LogP contribution in [0.1, 0.15) is 43.6 Å². The van der Waals surface area contributed by atoms with Crippen LogP contribution < -0.4 is 5.32 Å². The van der Waals surface area contributed by atoms with E-state index in [-0.39, 0.29) is 6.61 Å². The number of halogens is 1. The molecule has 7 nitrogen and oxygen atoms in total. The number of rotatable bonds is 5. The van der Waals surface area contributed by atoms with Crippen molar-refractivity contribution in [3.8, 4) is 0 Å². The number of likely N-dealkylation sites (N-methyl/N-ethyl adjacent to an activating group) is 1. The predicted molar refractivity (Wildman–Crippen MR) is 113 cm³/mol.